The molecule has 10 heavy (non-hydrogen) atoms. The summed E-state index contributed by atoms with van der Waals surface area (Å²) in [4.78, 5) is 2.42. The molecule has 2 heteroatoms. The predicted octanol–water partition coefficient (Wildman–Crippen LogP) is 0.814. The smallest absolute Gasteiger partial charge is 0.0486 e. The van der Waals surface area contributed by atoms with Gasteiger partial charge in [-0.15, -0.1) is 0 Å². The first-order valence-electron chi connectivity index (χ1n) is 3.92. The van der Waals surface area contributed by atoms with Gasteiger partial charge in [0.05, 0.1) is 0 Å². The Morgan fingerprint density at radius 3 is 2.90 bits per heavy atom. The van der Waals surface area contributed by atoms with Gasteiger partial charge in [-0.05, 0) is 13.8 Å². The van der Waals surface area contributed by atoms with Gasteiger partial charge >= 0.3 is 0 Å². The van der Waals surface area contributed by atoms with Gasteiger partial charge in [-0.1, -0.05) is 12.2 Å². The number of nitrogens with one attached hydrogen (secondary N) is 1. The van der Waals surface area contributed by atoms with Gasteiger partial charge < -0.3 is 5.32 Å². The Hall–Kier alpha value is -0.340. The minimum absolute atomic E-state index is 0.597. The van der Waals surface area contributed by atoms with E-state index in [0.29, 0.717) is 6.04 Å². The monoisotopic (exact) mass is 140 g/mol. The van der Waals surface area contributed by atoms with Crippen molar-refractivity contribution in [2.45, 2.75) is 19.9 Å². The highest BCUT2D eigenvalue weighted by atomic mass is 15.3. The highest BCUT2D eigenvalue weighted by Gasteiger charge is 2.14. The van der Waals surface area contributed by atoms with Crippen LogP contribution in [0.4, 0.5) is 0 Å². The van der Waals surface area contributed by atoms with Crippen molar-refractivity contribution in [3.63, 3.8) is 0 Å². The highest BCUT2D eigenvalue weighted by Crippen LogP contribution is 2.01. The Labute approximate surface area is 62.9 Å². The van der Waals surface area contributed by atoms with Crippen molar-refractivity contribution in [3.8, 4) is 0 Å². The molecule has 1 aliphatic heterocycles. The number of hydrogen-bond donors (Lipinski definition) is 1. The van der Waals surface area contributed by atoms with Crippen molar-refractivity contribution in [2.75, 3.05) is 19.8 Å². The van der Waals surface area contributed by atoms with Crippen LogP contribution in [0, 0.1) is 0 Å². The Kier molecular flexibility index (Phi) is 2.90. The molecule has 0 radical (unpaired) electrons. The molecule has 1 unspecified atom stereocenters. The van der Waals surface area contributed by atoms with Gasteiger partial charge in [0.25, 0.3) is 0 Å². The molecule has 0 aromatic heterocycles. The lowest BCUT2D eigenvalue weighted by Gasteiger charge is -2.18. The average Bonchev–Trinajstić information content (AvgIpc) is 2.38. The van der Waals surface area contributed by atoms with Gasteiger partial charge in [0.15, 0.2) is 0 Å². The minimum atomic E-state index is 0.597. The summed E-state index contributed by atoms with van der Waals surface area (Å²) in [5, 5.41) is 3.30. The van der Waals surface area contributed by atoms with E-state index >= 15 is 0 Å². The van der Waals surface area contributed by atoms with Crippen LogP contribution in [0.3, 0.4) is 0 Å². The zero-order chi connectivity index (χ0) is 7.40. The Morgan fingerprint density at radius 1 is 1.60 bits per heavy atom. The summed E-state index contributed by atoms with van der Waals surface area (Å²) in [5.41, 5.74) is 0. The molecule has 1 atom stereocenters. The van der Waals surface area contributed by atoms with Gasteiger partial charge in [-0.25, -0.2) is 0 Å². The van der Waals surface area contributed by atoms with Crippen molar-refractivity contribution in [2.24, 2.45) is 0 Å². The summed E-state index contributed by atoms with van der Waals surface area (Å²) in [6.45, 7) is 7.67. The Morgan fingerprint density at radius 2 is 2.40 bits per heavy atom. The lowest BCUT2D eigenvalue weighted by molar-refractivity contribution is 0.296. The topological polar surface area (TPSA) is 15.3 Å². The van der Waals surface area contributed by atoms with Gasteiger partial charge in [-0.3, -0.25) is 4.90 Å². The van der Waals surface area contributed by atoms with Crippen LogP contribution in [0.25, 0.3) is 0 Å². The largest absolute Gasteiger partial charge is 0.303 e. The second-order valence-corrected chi connectivity index (χ2v) is 2.74. The molecule has 0 amide bonds. The summed E-state index contributed by atoms with van der Waals surface area (Å²) in [7, 11) is 0. The zero-order valence-electron chi connectivity index (χ0n) is 6.80. The lowest BCUT2D eigenvalue weighted by atomic mass is 10.3. The fourth-order valence-corrected chi connectivity index (χ4v) is 1.27. The van der Waals surface area contributed by atoms with Crippen LogP contribution in [0.5, 0.6) is 0 Å². The molecule has 1 heterocycles. The van der Waals surface area contributed by atoms with E-state index in [4.69, 9.17) is 0 Å². The molecule has 0 bridgehead atoms. The molecule has 1 aliphatic rings. The minimum Gasteiger partial charge on any atom is -0.303 e. The fraction of sp³-hybridized carbons (Fsp3) is 0.750. The van der Waals surface area contributed by atoms with Crippen LogP contribution in [0.2, 0.25) is 0 Å². The van der Waals surface area contributed by atoms with E-state index in [1.54, 1.807) is 0 Å². The molecular formula is C8H16N2. The van der Waals surface area contributed by atoms with E-state index in [2.05, 4.69) is 36.2 Å². The Balaban J connectivity index is 2.32. The normalized spacial score (nSPS) is 24.2. The van der Waals surface area contributed by atoms with E-state index < -0.39 is 0 Å². The summed E-state index contributed by atoms with van der Waals surface area (Å²) >= 11 is 0. The highest BCUT2D eigenvalue weighted by molar-refractivity contribution is 4.90. The van der Waals surface area contributed by atoms with Gasteiger partial charge in [-0.2, -0.15) is 0 Å². The van der Waals surface area contributed by atoms with Crippen LogP contribution in [0.1, 0.15) is 13.8 Å². The average molecular weight is 140 g/mol. The first-order valence-corrected chi connectivity index (χ1v) is 3.92. The van der Waals surface area contributed by atoms with E-state index in [1.807, 2.05) is 0 Å². The molecule has 1 fully saturated rings. The third-order valence-electron chi connectivity index (χ3n) is 1.94. The maximum Gasteiger partial charge on any atom is 0.0486 e. The number of nitrogens with zero attached hydrogens (tertiary/aromatic N) is 1. The number of allylic oxidation sites excluding steroid dienone is 1. The van der Waals surface area contributed by atoms with Gasteiger partial charge in [0.1, 0.15) is 0 Å². The quantitative estimate of drug-likeness (QED) is 0.571. The second kappa shape index (κ2) is 3.74. The van der Waals surface area contributed by atoms with Crippen molar-refractivity contribution < 1.29 is 0 Å². The molecular weight excluding hydrogens is 124 g/mol. The first kappa shape index (κ1) is 7.76. The number of hydrogen-bond acceptors (Lipinski definition) is 2. The maximum atomic E-state index is 3.30. The first-order chi connectivity index (χ1) is 4.84. The van der Waals surface area contributed by atoms with E-state index in [1.165, 1.54) is 6.54 Å². The number of rotatable bonds is 2. The molecule has 1 rings (SSSR count). The van der Waals surface area contributed by atoms with Crippen LogP contribution in [-0.2, 0) is 0 Å². The van der Waals surface area contributed by atoms with E-state index in [0.717, 1.165) is 13.2 Å². The summed E-state index contributed by atoms with van der Waals surface area (Å²) in [5.74, 6) is 0. The summed E-state index contributed by atoms with van der Waals surface area (Å²) in [6.07, 6.45) is 4.34. The van der Waals surface area contributed by atoms with Crippen LogP contribution in [-0.4, -0.2) is 30.7 Å². The molecule has 58 valence electrons. The predicted molar refractivity (Wildman–Crippen MR) is 43.9 cm³/mol. The molecule has 0 spiro atoms. The third-order valence-corrected chi connectivity index (χ3v) is 1.94. The molecule has 0 aliphatic carbocycles. The van der Waals surface area contributed by atoms with Crippen LogP contribution in [0.15, 0.2) is 12.2 Å². The molecule has 1 N–H and O–H groups in total. The summed E-state index contributed by atoms with van der Waals surface area (Å²) < 4.78 is 0. The van der Waals surface area contributed by atoms with E-state index in [-0.39, 0.29) is 0 Å². The van der Waals surface area contributed by atoms with E-state index in [9.17, 15) is 0 Å². The lowest BCUT2D eigenvalue weighted by Crippen LogP contribution is -2.30. The molecule has 2 nitrogen and oxygen atoms in total. The van der Waals surface area contributed by atoms with Crippen molar-refractivity contribution in [3.05, 3.63) is 12.2 Å². The van der Waals surface area contributed by atoms with Crippen molar-refractivity contribution in [1.82, 2.24) is 10.2 Å². The third kappa shape index (κ3) is 1.82. The zero-order valence-corrected chi connectivity index (χ0v) is 6.80. The molecule has 0 aromatic carbocycles. The van der Waals surface area contributed by atoms with Crippen LogP contribution >= 0.6 is 0 Å². The van der Waals surface area contributed by atoms with Crippen LogP contribution < -0.4 is 5.32 Å². The standard InChI is InChI=1S/C8H16N2/c1-3-4-8(2)10-6-5-9-7-10/h3-4,8-9H,5-7H2,1-2H3. The molecule has 1 saturated heterocycles. The van der Waals surface area contributed by atoms with Gasteiger partial charge in [0.2, 0.25) is 0 Å². The second-order valence-electron chi connectivity index (χ2n) is 2.74. The Bertz CT molecular complexity index is 114. The van der Waals surface area contributed by atoms with Crippen molar-refractivity contribution in [1.29, 1.82) is 0 Å². The SMILES string of the molecule is CC=CC(C)N1CCNC1. The molecule has 0 aromatic rings. The summed E-state index contributed by atoms with van der Waals surface area (Å²) in [6, 6.07) is 0.597. The van der Waals surface area contributed by atoms with Gasteiger partial charge in [0, 0.05) is 25.8 Å². The molecule has 0 saturated carbocycles. The maximum absolute atomic E-state index is 3.30. The van der Waals surface area contributed by atoms with Crippen molar-refractivity contribution >= 4 is 0 Å². The fourth-order valence-electron chi connectivity index (χ4n) is 1.27.